The molecule has 6 heteroatoms. The Morgan fingerprint density at radius 1 is 1.19 bits per heavy atom. The number of urea groups is 1. The number of nitrogens with one attached hydrogen (secondary N) is 2. The average molecular weight is 362 g/mol. The Balaban J connectivity index is 1.91. The van der Waals surface area contributed by atoms with Gasteiger partial charge >= 0.3 is 12.0 Å². The van der Waals surface area contributed by atoms with E-state index in [2.05, 4.69) is 10.6 Å². The van der Waals surface area contributed by atoms with Crippen LogP contribution < -0.4 is 10.6 Å². The third-order valence-corrected chi connectivity index (χ3v) is 5.56. The molecule has 1 aromatic carbocycles. The van der Waals surface area contributed by atoms with Crippen LogP contribution in [0.2, 0.25) is 0 Å². The highest BCUT2D eigenvalue weighted by Crippen LogP contribution is 2.45. The van der Waals surface area contributed by atoms with Crippen molar-refractivity contribution >= 4 is 12.0 Å². The molecule has 2 unspecified atom stereocenters. The number of rotatable bonds is 8. The minimum atomic E-state index is -0.902. The molecule has 2 atom stereocenters. The highest BCUT2D eigenvalue weighted by molar-refractivity contribution is 5.74. The first-order valence-electron chi connectivity index (χ1n) is 9.24. The van der Waals surface area contributed by atoms with Crippen LogP contribution in [0.5, 0.6) is 0 Å². The zero-order valence-electron chi connectivity index (χ0n) is 15.6. The minimum Gasteiger partial charge on any atom is -0.481 e. The molecular formula is C20H30N2O4. The van der Waals surface area contributed by atoms with Gasteiger partial charge in [0.05, 0.1) is 5.60 Å². The van der Waals surface area contributed by atoms with Gasteiger partial charge in [0.15, 0.2) is 0 Å². The molecule has 0 aromatic heterocycles. The summed E-state index contributed by atoms with van der Waals surface area (Å²) in [5, 5.41) is 25.4. The summed E-state index contributed by atoms with van der Waals surface area (Å²) in [4.78, 5) is 23.2. The molecule has 6 nitrogen and oxygen atoms in total. The van der Waals surface area contributed by atoms with E-state index in [0.717, 1.165) is 18.4 Å². The first kappa shape index (κ1) is 20.2. The molecular weight excluding hydrogens is 332 g/mol. The van der Waals surface area contributed by atoms with Crippen LogP contribution in [0.1, 0.15) is 51.5 Å². The van der Waals surface area contributed by atoms with Gasteiger partial charge in [0.2, 0.25) is 0 Å². The predicted octanol–water partition coefficient (Wildman–Crippen LogP) is 2.70. The number of hydrogen-bond donors (Lipinski definition) is 4. The molecule has 144 valence electrons. The first-order chi connectivity index (χ1) is 12.2. The van der Waals surface area contributed by atoms with Gasteiger partial charge in [-0.15, -0.1) is 0 Å². The summed E-state index contributed by atoms with van der Waals surface area (Å²) in [5.41, 5.74) is -0.0911. The number of aliphatic hydroxyl groups is 1. The monoisotopic (exact) mass is 362 g/mol. The van der Waals surface area contributed by atoms with E-state index < -0.39 is 11.6 Å². The molecule has 0 aliphatic heterocycles. The van der Waals surface area contributed by atoms with Gasteiger partial charge in [-0.05, 0) is 43.1 Å². The van der Waals surface area contributed by atoms with Crippen molar-refractivity contribution in [2.24, 2.45) is 5.41 Å². The van der Waals surface area contributed by atoms with Gasteiger partial charge < -0.3 is 20.8 Å². The maximum absolute atomic E-state index is 12.3. The topological polar surface area (TPSA) is 98.7 Å². The van der Waals surface area contributed by atoms with Gasteiger partial charge in [0.25, 0.3) is 0 Å². The molecule has 26 heavy (non-hydrogen) atoms. The molecule has 2 amide bonds. The van der Waals surface area contributed by atoms with Gasteiger partial charge in [-0.25, -0.2) is 4.79 Å². The van der Waals surface area contributed by atoms with E-state index >= 15 is 0 Å². The number of carbonyl (C=O) groups excluding carboxylic acids is 1. The minimum absolute atomic E-state index is 0.00521. The third-order valence-electron chi connectivity index (χ3n) is 5.56. The van der Waals surface area contributed by atoms with Crippen molar-refractivity contribution in [1.29, 1.82) is 0 Å². The van der Waals surface area contributed by atoms with E-state index in [0.29, 0.717) is 19.3 Å². The van der Waals surface area contributed by atoms with Crippen molar-refractivity contribution in [2.45, 2.75) is 64.0 Å². The van der Waals surface area contributed by atoms with E-state index in [1.54, 1.807) is 0 Å². The summed E-state index contributed by atoms with van der Waals surface area (Å²) >= 11 is 0. The van der Waals surface area contributed by atoms with Gasteiger partial charge in [-0.1, -0.05) is 44.2 Å². The zero-order valence-corrected chi connectivity index (χ0v) is 15.6. The first-order valence-corrected chi connectivity index (χ1v) is 9.24. The number of hydrogen-bond acceptors (Lipinski definition) is 3. The molecule has 0 bridgehead atoms. The summed E-state index contributed by atoms with van der Waals surface area (Å²) in [6.45, 7) is 4.23. The Morgan fingerprint density at radius 3 is 2.46 bits per heavy atom. The van der Waals surface area contributed by atoms with Crippen LogP contribution in [0.3, 0.4) is 0 Å². The van der Waals surface area contributed by atoms with Crippen LogP contribution in [0.15, 0.2) is 30.3 Å². The van der Waals surface area contributed by atoms with Crippen molar-refractivity contribution in [3.63, 3.8) is 0 Å². The van der Waals surface area contributed by atoms with Crippen LogP contribution in [0.4, 0.5) is 4.79 Å². The molecule has 0 radical (unpaired) electrons. The van der Waals surface area contributed by atoms with Gasteiger partial charge in [0.1, 0.15) is 0 Å². The summed E-state index contributed by atoms with van der Waals surface area (Å²) < 4.78 is 0. The van der Waals surface area contributed by atoms with Crippen molar-refractivity contribution in [2.75, 3.05) is 6.54 Å². The molecule has 4 N–H and O–H groups in total. The van der Waals surface area contributed by atoms with Gasteiger partial charge in [0, 0.05) is 19.0 Å². The van der Waals surface area contributed by atoms with E-state index in [1.807, 2.05) is 44.2 Å². The lowest BCUT2D eigenvalue weighted by molar-refractivity contribution is -0.137. The fourth-order valence-corrected chi connectivity index (χ4v) is 3.61. The van der Waals surface area contributed by atoms with Crippen LogP contribution in [-0.4, -0.2) is 40.4 Å². The number of carbonyl (C=O) groups is 2. The maximum Gasteiger partial charge on any atom is 0.315 e. The molecule has 1 aliphatic carbocycles. The van der Waals surface area contributed by atoms with Crippen molar-refractivity contribution in [3.8, 4) is 0 Å². The van der Waals surface area contributed by atoms with E-state index in [-0.39, 0.29) is 30.5 Å². The fourth-order valence-electron chi connectivity index (χ4n) is 3.61. The molecule has 1 aliphatic rings. The van der Waals surface area contributed by atoms with Crippen LogP contribution >= 0.6 is 0 Å². The van der Waals surface area contributed by atoms with Crippen molar-refractivity contribution in [3.05, 3.63) is 35.9 Å². The number of amides is 2. The molecule has 2 rings (SSSR count). The Hall–Kier alpha value is -2.08. The van der Waals surface area contributed by atoms with E-state index in [4.69, 9.17) is 5.11 Å². The standard InChI is InChI=1S/C20H30N2O4/c1-19(2)11-6-12-20(19,26)14-21-18(25)22-16(9-10-17(23)24)13-15-7-4-3-5-8-15/h3-5,7-8,16,26H,6,9-14H2,1-2H3,(H,23,24)(H2,21,22,25). The van der Waals surface area contributed by atoms with Crippen LogP contribution in [0.25, 0.3) is 0 Å². The third kappa shape index (κ3) is 5.46. The lowest BCUT2D eigenvalue weighted by Gasteiger charge is -2.37. The Bertz CT molecular complexity index is 617. The number of aliphatic carboxylic acids is 1. The quantitative estimate of drug-likeness (QED) is 0.571. The van der Waals surface area contributed by atoms with Gasteiger partial charge in [-0.3, -0.25) is 4.79 Å². The SMILES string of the molecule is CC1(C)CCCC1(O)CNC(=O)NC(CCC(=O)O)Cc1ccccc1. The second-order valence-corrected chi connectivity index (χ2v) is 7.92. The van der Waals surface area contributed by atoms with Crippen LogP contribution in [0, 0.1) is 5.41 Å². The molecule has 0 saturated heterocycles. The average Bonchev–Trinajstić information content (AvgIpc) is 2.85. The number of benzene rings is 1. The summed E-state index contributed by atoms with van der Waals surface area (Å²) in [5.74, 6) is -0.882. The molecule has 1 fully saturated rings. The highest BCUT2D eigenvalue weighted by atomic mass is 16.4. The Kier molecular flexibility index (Phi) is 6.64. The Labute approximate surface area is 155 Å². The lowest BCUT2D eigenvalue weighted by atomic mass is 9.78. The van der Waals surface area contributed by atoms with Gasteiger partial charge in [-0.2, -0.15) is 0 Å². The zero-order chi connectivity index (χ0) is 19.2. The highest BCUT2D eigenvalue weighted by Gasteiger charge is 2.47. The second-order valence-electron chi connectivity index (χ2n) is 7.92. The summed E-state index contributed by atoms with van der Waals surface area (Å²) in [7, 11) is 0. The maximum atomic E-state index is 12.3. The van der Waals surface area contributed by atoms with E-state index in [9.17, 15) is 14.7 Å². The van der Waals surface area contributed by atoms with E-state index in [1.165, 1.54) is 0 Å². The van der Waals surface area contributed by atoms with Crippen molar-refractivity contribution in [1.82, 2.24) is 10.6 Å². The largest absolute Gasteiger partial charge is 0.481 e. The molecule has 0 spiro atoms. The normalized spacial score (nSPS) is 22.6. The summed E-state index contributed by atoms with van der Waals surface area (Å²) in [6, 6.07) is 9.02. The smallest absolute Gasteiger partial charge is 0.315 e. The Morgan fingerprint density at radius 2 is 1.88 bits per heavy atom. The fraction of sp³-hybridized carbons (Fsp3) is 0.600. The predicted molar refractivity (Wildman–Crippen MR) is 99.9 cm³/mol. The molecule has 1 saturated carbocycles. The van der Waals surface area contributed by atoms with Crippen molar-refractivity contribution < 1.29 is 19.8 Å². The molecule has 1 aromatic rings. The summed E-state index contributed by atoms with van der Waals surface area (Å²) in [6.07, 6.45) is 3.47. The van der Waals surface area contributed by atoms with Crippen LogP contribution in [-0.2, 0) is 11.2 Å². The second kappa shape index (κ2) is 8.54. The number of carboxylic acids is 1. The number of carboxylic acid groups (broad SMARTS) is 1. The molecule has 0 heterocycles. The lowest BCUT2D eigenvalue weighted by Crippen LogP contribution is -2.53.